The van der Waals surface area contributed by atoms with Crippen LogP contribution in [0.5, 0.6) is 0 Å². The molecule has 1 amide bonds. The number of aromatic amines is 1. The highest BCUT2D eigenvalue weighted by Gasteiger charge is 2.34. The Labute approximate surface area is 177 Å². The molecule has 4 heterocycles. The Hall–Kier alpha value is -1.99. The zero-order valence-corrected chi connectivity index (χ0v) is 17.6. The largest absolute Gasteiger partial charge is 0.381 e. The summed E-state index contributed by atoms with van der Waals surface area (Å²) >= 11 is 0. The third-order valence-electron chi connectivity index (χ3n) is 7.26. The normalized spacial score (nSPS) is 27.5. The molecule has 5 rings (SSSR count). The van der Waals surface area contributed by atoms with Crippen LogP contribution in [0.15, 0.2) is 16.9 Å². The van der Waals surface area contributed by atoms with Gasteiger partial charge < -0.3 is 14.6 Å². The van der Waals surface area contributed by atoms with E-state index < -0.39 is 0 Å². The van der Waals surface area contributed by atoms with Gasteiger partial charge in [0.25, 0.3) is 5.56 Å². The molecule has 2 saturated heterocycles. The molecule has 2 atom stereocenters. The van der Waals surface area contributed by atoms with E-state index in [0.29, 0.717) is 30.7 Å². The van der Waals surface area contributed by atoms with E-state index in [4.69, 9.17) is 9.72 Å². The number of likely N-dealkylation sites (tertiary alicyclic amines) is 1. The first-order valence-electron chi connectivity index (χ1n) is 11.6. The lowest BCUT2D eigenvalue weighted by Gasteiger charge is -2.37. The number of hydrogen-bond acceptors (Lipinski definition) is 5. The lowest BCUT2D eigenvalue weighted by molar-refractivity contribution is -0.133. The number of hydrogen-bond donors (Lipinski definition) is 1. The van der Waals surface area contributed by atoms with E-state index in [9.17, 15) is 9.59 Å². The van der Waals surface area contributed by atoms with E-state index in [1.54, 1.807) is 0 Å². The lowest BCUT2D eigenvalue weighted by atomic mass is 10.0. The zero-order valence-electron chi connectivity index (χ0n) is 17.6. The highest BCUT2D eigenvalue weighted by molar-refractivity contribution is 5.77. The summed E-state index contributed by atoms with van der Waals surface area (Å²) in [5.41, 5.74) is 1.71. The molecule has 2 fully saturated rings. The number of amides is 1. The van der Waals surface area contributed by atoms with Crippen molar-refractivity contribution in [2.75, 3.05) is 26.3 Å². The number of rotatable bonds is 4. The topological polar surface area (TPSA) is 78.5 Å². The van der Waals surface area contributed by atoms with Gasteiger partial charge in [0.2, 0.25) is 5.91 Å². The molecule has 0 unspecified atom stereocenters. The Kier molecular flexibility index (Phi) is 5.74. The van der Waals surface area contributed by atoms with Crippen molar-refractivity contribution in [2.45, 2.75) is 70.0 Å². The number of ether oxygens (including phenoxy) is 1. The molecule has 7 nitrogen and oxygen atoms in total. The predicted molar refractivity (Wildman–Crippen MR) is 113 cm³/mol. The molecule has 1 aliphatic carbocycles. The van der Waals surface area contributed by atoms with Crippen molar-refractivity contribution in [2.24, 2.45) is 5.92 Å². The van der Waals surface area contributed by atoms with Gasteiger partial charge in [-0.1, -0.05) is 12.2 Å². The summed E-state index contributed by atoms with van der Waals surface area (Å²) in [5.74, 6) is 1.25. The Morgan fingerprint density at radius 3 is 2.87 bits per heavy atom. The third-order valence-corrected chi connectivity index (χ3v) is 7.26. The number of carbonyl (C=O) groups excluding carboxylic acids is 1. The van der Waals surface area contributed by atoms with Crippen LogP contribution in [0.3, 0.4) is 0 Å². The smallest absolute Gasteiger partial charge is 0.255 e. The molecule has 7 heteroatoms. The number of carbonyl (C=O) groups is 1. The number of nitrogens with one attached hydrogen (secondary N) is 1. The molecule has 30 heavy (non-hydrogen) atoms. The lowest BCUT2D eigenvalue weighted by Crippen LogP contribution is -2.44. The minimum atomic E-state index is -0.0885. The zero-order chi connectivity index (χ0) is 20.5. The van der Waals surface area contributed by atoms with Crippen LogP contribution in [-0.4, -0.2) is 58.0 Å². The van der Waals surface area contributed by atoms with Gasteiger partial charge in [0.05, 0.1) is 17.3 Å². The summed E-state index contributed by atoms with van der Waals surface area (Å²) < 4.78 is 5.48. The number of fused-ring (bicyclic) bond motifs is 1. The minimum Gasteiger partial charge on any atom is -0.381 e. The average molecular weight is 413 g/mol. The summed E-state index contributed by atoms with van der Waals surface area (Å²) in [6, 6.07) is 0.410. The Morgan fingerprint density at radius 1 is 1.20 bits per heavy atom. The van der Waals surface area contributed by atoms with Crippen LogP contribution < -0.4 is 5.56 Å². The van der Waals surface area contributed by atoms with Crippen molar-refractivity contribution in [3.05, 3.63) is 39.6 Å². The van der Waals surface area contributed by atoms with E-state index >= 15 is 0 Å². The summed E-state index contributed by atoms with van der Waals surface area (Å²) in [7, 11) is 0. The van der Waals surface area contributed by atoms with Gasteiger partial charge in [-0.3, -0.25) is 14.5 Å². The number of H-pyrrole nitrogens is 1. The Bertz CT molecular complexity index is 874. The fourth-order valence-electron chi connectivity index (χ4n) is 5.54. The fraction of sp³-hybridized carbons (Fsp3) is 0.696. The molecule has 1 aromatic rings. The number of allylic oxidation sites excluding steroid dienone is 2. The van der Waals surface area contributed by atoms with E-state index in [1.807, 2.05) is 4.90 Å². The van der Waals surface area contributed by atoms with Crippen LogP contribution in [-0.2, 0) is 22.5 Å². The van der Waals surface area contributed by atoms with Crippen LogP contribution in [0.1, 0.15) is 68.1 Å². The van der Waals surface area contributed by atoms with Crippen molar-refractivity contribution in [1.29, 1.82) is 0 Å². The van der Waals surface area contributed by atoms with Crippen molar-refractivity contribution >= 4 is 5.91 Å². The minimum absolute atomic E-state index is 0.0233. The van der Waals surface area contributed by atoms with Crippen LogP contribution in [0.2, 0.25) is 0 Å². The molecule has 0 radical (unpaired) electrons. The highest BCUT2D eigenvalue weighted by atomic mass is 16.5. The molecule has 0 bridgehead atoms. The van der Waals surface area contributed by atoms with Gasteiger partial charge in [0, 0.05) is 51.7 Å². The van der Waals surface area contributed by atoms with Gasteiger partial charge in [-0.2, -0.15) is 0 Å². The van der Waals surface area contributed by atoms with Crippen LogP contribution in [0, 0.1) is 5.92 Å². The summed E-state index contributed by atoms with van der Waals surface area (Å²) in [6.07, 6.45) is 11.8. The Morgan fingerprint density at radius 2 is 2.07 bits per heavy atom. The molecule has 4 aliphatic rings. The summed E-state index contributed by atoms with van der Waals surface area (Å²) in [4.78, 5) is 38.2. The van der Waals surface area contributed by atoms with Gasteiger partial charge in [-0.05, 0) is 44.4 Å². The van der Waals surface area contributed by atoms with Crippen molar-refractivity contribution in [3.8, 4) is 0 Å². The summed E-state index contributed by atoms with van der Waals surface area (Å²) in [5, 5.41) is 0. The average Bonchev–Trinajstić information content (AvgIpc) is 3.46. The molecule has 0 aromatic carbocycles. The van der Waals surface area contributed by atoms with E-state index in [1.165, 1.54) is 0 Å². The second-order valence-corrected chi connectivity index (χ2v) is 9.16. The van der Waals surface area contributed by atoms with E-state index in [2.05, 4.69) is 22.0 Å². The molecular formula is C23H32N4O3. The first kappa shape index (κ1) is 19.9. The summed E-state index contributed by atoms with van der Waals surface area (Å²) in [6.45, 7) is 3.99. The fourth-order valence-corrected chi connectivity index (χ4v) is 5.54. The monoisotopic (exact) mass is 412 g/mol. The van der Waals surface area contributed by atoms with Gasteiger partial charge in [-0.25, -0.2) is 4.98 Å². The van der Waals surface area contributed by atoms with Crippen LogP contribution >= 0.6 is 0 Å². The van der Waals surface area contributed by atoms with Crippen molar-refractivity contribution < 1.29 is 9.53 Å². The van der Waals surface area contributed by atoms with Gasteiger partial charge in [-0.15, -0.1) is 0 Å². The van der Waals surface area contributed by atoms with Crippen LogP contribution in [0.25, 0.3) is 0 Å². The molecule has 0 saturated carbocycles. The third kappa shape index (κ3) is 3.97. The maximum Gasteiger partial charge on any atom is 0.255 e. The van der Waals surface area contributed by atoms with E-state index in [-0.39, 0.29) is 17.5 Å². The molecular weight excluding hydrogens is 380 g/mol. The predicted octanol–water partition coefficient (Wildman–Crippen LogP) is 2.33. The second-order valence-electron chi connectivity index (χ2n) is 9.16. The molecule has 1 N–H and O–H groups in total. The molecule has 1 aromatic heterocycles. The molecule has 162 valence electrons. The van der Waals surface area contributed by atoms with Crippen LogP contribution in [0.4, 0.5) is 0 Å². The van der Waals surface area contributed by atoms with Gasteiger partial charge in [0.1, 0.15) is 5.82 Å². The first-order valence-corrected chi connectivity index (χ1v) is 11.6. The van der Waals surface area contributed by atoms with Crippen molar-refractivity contribution in [1.82, 2.24) is 19.8 Å². The standard InChI is InChI=1S/C23H32N4O3/c28-21(14-16-4-1-2-5-16)27-10-3-6-20(27)22-24-19-7-11-26(15-18(19)23(29)25-22)17-8-12-30-13-9-17/h1,4,16-17,20H,2-3,5-15H2,(H,24,25,29)/t16-,20+/m0/s1. The van der Waals surface area contributed by atoms with Crippen molar-refractivity contribution in [3.63, 3.8) is 0 Å². The van der Waals surface area contributed by atoms with E-state index in [0.717, 1.165) is 82.5 Å². The highest BCUT2D eigenvalue weighted by Crippen LogP contribution is 2.32. The quantitative estimate of drug-likeness (QED) is 0.768. The molecule has 0 spiro atoms. The first-order chi connectivity index (χ1) is 14.7. The maximum atomic E-state index is 13.0. The SMILES string of the molecule is O=C(C[C@H]1C=CCC1)N1CCC[C@@H]1c1nc2c(c(=O)[nH]1)CN(C1CCOCC1)CC2. The molecule has 3 aliphatic heterocycles. The number of aromatic nitrogens is 2. The van der Waals surface area contributed by atoms with Gasteiger partial charge in [0.15, 0.2) is 0 Å². The maximum absolute atomic E-state index is 13.0. The number of nitrogens with zero attached hydrogens (tertiary/aromatic N) is 3. The van der Waals surface area contributed by atoms with Gasteiger partial charge >= 0.3 is 0 Å². The second kappa shape index (κ2) is 8.63. The Balaban J connectivity index is 1.32.